The summed E-state index contributed by atoms with van der Waals surface area (Å²) in [5.41, 5.74) is 3.89. The van der Waals surface area contributed by atoms with Crippen LogP contribution in [0.1, 0.15) is 31.4 Å². The predicted molar refractivity (Wildman–Crippen MR) is 124 cm³/mol. The maximum Gasteiger partial charge on any atom is 0.573 e. The molecular weight excluding hydrogens is 485 g/mol. The number of hydrogen-bond acceptors (Lipinski definition) is 5. The molecule has 3 rings (SSSR count). The predicted octanol–water partition coefficient (Wildman–Crippen LogP) is 7.38. The molecule has 0 aliphatic rings. The Morgan fingerprint density at radius 2 is 1.75 bits per heavy atom. The van der Waals surface area contributed by atoms with Crippen molar-refractivity contribution >= 4 is 33.4 Å². The average molecular weight is 509 g/mol. The highest BCUT2D eigenvalue weighted by atomic mass is 79.9. The first-order valence-corrected chi connectivity index (χ1v) is 10.9. The number of benzene rings is 2. The average Bonchev–Trinajstić information content (AvgIpc) is 2.69. The molecular formula is C23H24BrF3N4O. The van der Waals surface area contributed by atoms with E-state index < -0.39 is 6.36 Å². The van der Waals surface area contributed by atoms with Gasteiger partial charge in [0.15, 0.2) is 0 Å². The van der Waals surface area contributed by atoms with Crippen LogP contribution >= 0.6 is 15.9 Å². The molecule has 9 heteroatoms. The summed E-state index contributed by atoms with van der Waals surface area (Å²) in [4.78, 5) is 9.10. The number of ether oxygens (including phenoxy) is 1. The summed E-state index contributed by atoms with van der Waals surface area (Å²) < 4.78 is 43.0. The highest BCUT2D eigenvalue weighted by Crippen LogP contribution is 2.31. The van der Waals surface area contributed by atoms with E-state index in [2.05, 4.69) is 41.3 Å². The lowest BCUT2D eigenvalue weighted by Gasteiger charge is -2.17. The summed E-state index contributed by atoms with van der Waals surface area (Å²) in [6, 6.07) is 11.5. The van der Waals surface area contributed by atoms with E-state index in [0.717, 1.165) is 27.7 Å². The number of halogens is 4. The van der Waals surface area contributed by atoms with Crippen LogP contribution in [0.15, 0.2) is 46.9 Å². The molecule has 0 amide bonds. The largest absolute Gasteiger partial charge is 0.573 e. The zero-order chi connectivity index (χ0) is 23.5. The van der Waals surface area contributed by atoms with Gasteiger partial charge in [0.1, 0.15) is 11.6 Å². The minimum atomic E-state index is -4.77. The summed E-state index contributed by atoms with van der Waals surface area (Å²) in [5.74, 6) is 0.601. The minimum Gasteiger partial charge on any atom is -0.406 e. The zero-order valence-electron chi connectivity index (χ0n) is 18.1. The number of aromatic nitrogens is 2. The number of anilines is 3. The molecule has 3 aromatic rings. The number of rotatable bonds is 7. The van der Waals surface area contributed by atoms with E-state index in [1.54, 1.807) is 12.1 Å². The molecule has 0 saturated carbocycles. The van der Waals surface area contributed by atoms with Crippen molar-refractivity contribution in [3.05, 3.63) is 58.1 Å². The third-order valence-electron chi connectivity index (χ3n) is 4.83. The van der Waals surface area contributed by atoms with Crippen molar-refractivity contribution in [2.45, 2.75) is 46.5 Å². The van der Waals surface area contributed by atoms with Crippen LogP contribution in [0, 0.1) is 13.8 Å². The number of hydrogen-bond donors (Lipinski definition) is 2. The molecule has 170 valence electrons. The zero-order valence-corrected chi connectivity index (χ0v) is 19.7. The second kappa shape index (κ2) is 9.77. The Morgan fingerprint density at radius 1 is 1.06 bits per heavy atom. The maximum absolute atomic E-state index is 12.7. The molecule has 1 heterocycles. The van der Waals surface area contributed by atoms with Crippen molar-refractivity contribution in [3.8, 4) is 17.0 Å². The molecule has 0 saturated heterocycles. The van der Waals surface area contributed by atoms with Crippen molar-refractivity contribution in [2.75, 3.05) is 10.6 Å². The SMILES string of the molecule is CC[C@@H](C)Nc1nc(Nc2c(C)cc(Br)cc2C)cc(-c2cccc(OC(F)(F)F)c2)n1. The van der Waals surface area contributed by atoms with Crippen LogP contribution in [0.5, 0.6) is 5.75 Å². The fraction of sp³-hybridized carbons (Fsp3) is 0.304. The third-order valence-corrected chi connectivity index (χ3v) is 5.29. The molecule has 32 heavy (non-hydrogen) atoms. The molecule has 0 radical (unpaired) electrons. The van der Waals surface area contributed by atoms with E-state index in [4.69, 9.17) is 0 Å². The molecule has 0 aliphatic carbocycles. The molecule has 0 aliphatic heterocycles. The van der Waals surface area contributed by atoms with E-state index in [9.17, 15) is 13.2 Å². The lowest BCUT2D eigenvalue weighted by atomic mass is 10.1. The van der Waals surface area contributed by atoms with Gasteiger partial charge in [-0.05, 0) is 62.6 Å². The molecule has 2 aromatic carbocycles. The van der Waals surface area contributed by atoms with E-state index in [1.807, 2.05) is 39.8 Å². The van der Waals surface area contributed by atoms with Crippen LogP contribution in [0.3, 0.4) is 0 Å². The maximum atomic E-state index is 12.7. The highest BCUT2D eigenvalue weighted by Gasteiger charge is 2.31. The Kier molecular flexibility index (Phi) is 7.28. The molecule has 2 N–H and O–H groups in total. The van der Waals surface area contributed by atoms with Crippen molar-refractivity contribution in [1.82, 2.24) is 9.97 Å². The van der Waals surface area contributed by atoms with Gasteiger partial charge in [-0.3, -0.25) is 0 Å². The quantitative estimate of drug-likeness (QED) is 0.348. The van der Waals surface area contributed by atoms with Gasteiger partial charge in [-0.25, -0.2) is 4.98 Å². The first-order chi connectivity index (χ1) is 15.0. The van der Waals surface area contributed by atoms with Gasteiger partial charge in [0.2, 0.25) is 5.95 Å². The van der Waals surface area contributed by atoms with Gasteiger partial charge in [-0.2, -0.15) is 4.98 Å². The van der Waals surface area contributed by atoms with Crippen molar-refractivity contribution < 1.29 is 17.9 Å². The van der Waals surface area contributed by atoms with Gasteiger partial charge < -0.3 is 15.4 Å². The topological polar surface area (TPSA) is 59.1 Å². The van der Waals surface area contributed by atoms with E-state index in [-0.39, 0.29) is 11.8 Å². The van der Waals surface area contributed by atoms with Gasteiger partial charge >= 0.3 is 6.36 Å². The van der Waals surface area contributed by atoms with Crippen LogP contribution in [0.2, 0.25) is 0 Å². The number of nitrogens with one attached hydrogen (secondary N) is 2. The second-order valence-electron chi connectivity index (χ2n) is 7.53. The van der Waals surface area contributed by atoms with E-state index in [0.29, 0.717) is 23.0 Å². The van der Waals surface area contributed by atoms with E-state index >= 15 is 0 Å². The number of nitrogens with zero attached hydrogens (tertiary/aromatic N) is 2. The molecule has 0 unspecified atom stereocenters. The number of aryl methyl sites for hydroxylation is 2. The smallest absolute Gasteiger partial charge is 0.406 e. The van der Waals surface area contributed by atoms with Crippen LogP contribution in [-0.2, 0) is 0 Å². The van der Waals surface area contributed by atoms with Gasteiger partial charge in [0, 0.05) is 27.8 Å². The van der Waals surface area contributed by atoms with Crippen LogP contribution in [-0.4, -0.2) is 22.4 Å². The molecule has 0 bridgehead atoms. The fourth-order valence-electron chi connectivity index (χ4n) is 3.13. The minimum absolute atomic E-state index is 0.120. The van der Waals surface area contributed by atoms with Gasteiger partial charge in [0.25, 0.3) is 0 Å². The number of alkyl halides is 3. The van der Waals surface area contributed by atoms with Crippen molar-refractivity contribution in [2.24, 2.45) is 0 Å². The monoisotopic (exact) mass is 508 g/mol. The van der Waals surface area contributed by atoms with Gasteiger partial charge in [0.05, 0.1) is 5.69 Å². The first kappa shape index (κ1) is 23.8. The Balaban J connectivity index is 2.03. The Morgan fingerprint density at radius 3 is 2.38 bits per heavy atom. The van der Waals surface area contributed by atoms with Crippen molar-refractivity contribution in [1.29, 1.82) is 0 Å². The lowest BCUT2D eigenvalue weighted by molar-refractivity contribution is -0.274. The molecule has 1 atom stereocenters. The summed E-state index contributed by atoms with van der Waals surface area (Å²) in [6.45, 7) is 8.01. The normalized spacial score (nSPS) is 12.4. The summed E-state index contributed by atoms with van der Waals surface area (Å²) >= 11 is 3.49. The highest BCUT2D eigenvalue weighted by molar-refractivity contribution is 9.10. The van der Waals surface area contributed by atoms with Crippen LogP contribution in [0.4, 0.5) is 30.6 Å². The fourth-order valence-corrected chi connectivity index (χ4v) is 3.82. The molecule has 0 fully saturated rings. The Labute approximate surface area is 193 Å². The van der Waals surface area contributed by atoms with Crippen LogP contribution in [0.25, 0.3) is 11.3 Å². The molecule has 5 nitrogen and oxygen atoms in total. The summed E-state index contributed by atoms with van der Waals surface area (Å²) in [6.07, 6.45) is -3.91. The van der Waals surface area contributed by atoms with Crippen LogP contribution < -0.4 is 15.4 Å². The Hall–Kier alpha value is -2.81. The summed E-state index contributed by atoms with van der Waals surface area (Å²) in [7, 11) is 0. The van der Waals surface area contributed by atoms with E-state index in [1.165, 1.54) is 18.2 Å². The second-order valence-corrected chi connectivity index (χ2v) is 8.45. The molecule has 0 spiro atoms. The standard InChI is InChI=1S/C23H24BrF3N4O/c1-5-15(4)28-22-29-19(16-7-6-8-18(11-16)32-23(25,26)27)12-20(31-22)30-21-13(2)9-17(24)10-14(21)3/h6-12,15H,5H2,1-4H3,(H2,28,29,30,31)/t15-/m1/s1. The van der Waals surface area contributed by atoms with Gasteiger partial charge in [-0.1, -0.05) is 35.0 Å². The van der Waals surface area contributed by atoms with Gasteiger partial charge in [-0.15, -0.1) is 13.2 Å². The Bertz CT molecular complexity index is 1080. The summed E-state index contributed by atoms with van der Waals surface area (Å²) in [5, 5.41) is 6.58. The first-order valence-electron chi connectivity index (χ1n) is 10.1. The third kappa shape index (κ3) is 6.35. The lowest BCUT2D eigenvalue weighted by Crippen LogP contribution is -2.17. The van der Waals surface area contributed by atoms with Crippen molar-refractivity contribution in [3.63, 3.8) is 0 Å². The molecule has 1 aromatic heterocycles.